The largest absolute Gasteiger partial charge is 0.486 e. The summed E-state index contributed by atoms with van der Waals surface area (Å²) in [6.45, 7) is 3.31. The van der Waals surface area contributed by atoms with Gasteiger partial charge in [0.1, 0.15) is 17.5 Å². The van der Waals surface area contributed by atoms with Crippen molar-refractivity contribution < 1.29 is 9.53 Å². The van der Waals surface area contributed by atoms with Crippen LogP contribution in [0.15, 0.2) is 48.7 Å². The van der Waals surface area contributed by atoms with Gasteiger partial charge in [-0.15, -0.1) is 0 Å². The van der Waals surface area contributed by atoms with Gasteiger partial charge in [-0.3, -0.25) is 4.79 Å². The van der Waals surface area contributed by atoms with Crippen LogP contribution in [0.4, 0.5) is 0 Å². The quantitative estimate of drug-likeness (QED) is 0.493. The summed E-state index contributed by atoms with van der Waals surface area (Å²) in [6.07, 6.45) is 3.71. The zero-order valence-electron chi connectivity index (χ0n) is 16.2. The minimum Gasteiger partial charge on any atom is -0.486 e. The second-order valence-corrected chi connectivity index (χ2v) is 7.87. The third-order valence-corrected chi connectivity index (χ3v) is 6.02. The van der Waals surface area contributed by atoms with Gasteiger partial charge in [-0.1, -0.05) is 36.7 Å². The van der Waals surface area contributed by atoms with Crippen molar-refractivity contribution >= 4 is 39.3 Å². The first-order valence-electron chi connectivity index (χ1n) is 9.97. The van der Waals surface area contributed by atoms with Crippen molar-refractivity contribution in [3.05, 3.63) is 64.9 Å². The van der Waals surface area contributed by atoms with Gasteiger partial charge in [-0.2, -0.15) is 0 Å². The highest BCUT2D eigenvalue weighted by molar-refractivity contribution is 6.36. The molecule has 29 heavy (non-hydrogen) atoms. The summed E-state index contributed by atoms with van der Waals surface area (Å²) >= 11 is 6.39. The van der Waals surface area contributed by atoms with E-state index in [1.165, 1.54) is 10.9 Å². The fourth-order valence-corrected chi connectivity index (χ4v) is 4.37. The molecule has 1 amide bonds. The molecule has 0 bridgehead atoms. The van der Waals surface area contributed by atoms with Crippen molar-refractivity contribution in [2.75, 3.05) is 6.54 Å². The molecule has 5 nitrogen and oxygen atoms in total. The predicted octanol–water partition coefficient (Wildman–Crippen LogP) is 4.92. The van der Waals surface area contributed by atoms with Crippen LogP contribution < -0.4 is 10.1 Å². The summed E-state index contributed by atoms with van der Waals surface area (Å²) in [5, 5.41) is 5.77. The van der Waals surface area contributed by atoms with E-state index in [1.54, 1.807) is 0 Å². The highest BCUT2D eigenvalue weighted by Crippen LogP contribution is 2.38. The number of hydrogen-bond acceptors (Lipinski definition) is 2. The number of H-pyrrole nitrogens is 1. The molecule has 4 aromatic rings. The molecule has 5 rings (SSSR count). The lowest BCUT2D eigenvalue weighted by atomic mass is 10.1. The molecule has 6 heteroatoms. The Balaban J connectivity index is 1.39. The number of rotatable bonds is 5. The van der Waals surface area contributed by atoms with Gasteiger partial charge < -0.3 is 19.6 Å². The van der Waals surface area contributed by atoms with Crippen molar-refractivity contribution in [2.45, 2.75) is 32.4 Å². The predicted molar refractivity (Wildman–Crippen MR) is 116 cm³/mol. The van der Waals surface area contributed by atoms with Crippen LogP contribution in [-0.4, -0.2) is 28.1 Å². The number of para-hydroxylation sites is 1. The highest BCUT2D eigenvalue weighted by atomic mass is 35.5. The zero-order chi connectivity index (χ0) is 20.0. The number of aromatic nitrogens is 2. The lowest BCUT2D eigenvalue weighted by Crippen LogP contribution is -2.32. The number of carbonyl (C=O) groups excluding carboxylic acids is 1. The van der Waals surface area contributed by atoms with E-state index >= 15 is 0 Å². The van der Waals surface area contributed by atoms with E-state index in [0.717, 1.165) is 35.0 Å². The van der Waals surface area contributed by atoms with E-state index in [9.17, 15) is 4.79 Å². The fraction of sp³-hybridized carbons (Fsp3) is 0.261. The van der Waals surface area contributed by atoms with Gasteiger partial charge in [-0.25, -0.2) is 0 Å². The molecule has 148 valence electrons. The van der Waals surface area contributed by atoms with E-state index in [4.69, 9.17) is 16.3 Å². The Hall–Kier alpha value is -2.92. The minimum atomic E-state index is -0.0835. The number of amides is 1. The van der Waals surface area contributed by atoms with E-state index in [2.05, 4.69) is 33.9 Å². The molecule has 2 aromatic carbocycles. The summed E-state index contributed by atoms with van der Waals surface area (Å²) in [4.78, 5) is 16.3. The van der Waals surface area contributed by atoms with Gasteiger partial charge in [0.15, 0.2) is 0 Å². The number of aromatic amines is 1. The second-order valence-electron chi connectivity index (χ2n) is 7.46. The molecule has 3 heterocycles. The maximum absolute atomic E-state index is 13.0. The fourth-order valence-electron chi connectivity index (χ4n) is 4.16. The molecule has 1 atom stereocenters. The molecule has 2 aromatic heterocycles. The minimum absolute atomic E-state index is 0.0528. The summed E-state index contributed by atoms with van der Waals surface area (Å²) in [6, 6.07) is 13.8. The van der Waals surface area contributed by atoms with Crippen LogP contribution in [-0.2, 0) is 13.0 Å². The average Bonchev–Trinajstić information content (AvgIpc) is 3.33. The topological polar surface area (TPSA) is 59.0 Å². The van der Waals surface area contributed by atoms with E-state index in [1.807, 2.05) is 36.5 Å². The number of hydrogen-bond donors (Lipinski definition) is 2. The van der Waals surface area contributed by atoms with E-state index < -0.39 is 0 Å². The van der Waals surface area contributed by atoms with Crippen LogP contribution in [0.1, 0.15) is 29.4 Å². The molecule has 0 saturated carbocycles. The van der Waals surface area contributed by atoms with Crippen LogP contribution in [0.25, 0.3) is 21.8 Å². The average molecular weight is 408 g/mol. The van der Waals surface area contributed by atoms with Gasteiger partial charge in [-0.05, 0) is 42.7 Å². The monoisotopic (exact) mass is 407 g/mol. The number of fused-ring (bicyclic) bond motifs is 1. The Bertz CT molecular complexity index is 1220. The summed E-state index contributed by atoms with van der Waals surface area (Å²) < 4.78 is 8.11. The van der Waals surface area contributed by atoms with Gasteiger partial charge >= 0.3 is 0 Å². The van der Waals surface area contributed by atoms with Crippen molar-refractivity contribution in [2.24, 2.45) is 0 Å². The number of benzene rings is 2. The molecule has 0 spiro atoms. The van der Waals surface area contributed by atoms with Crippen LogP contribution in [0.2, 0.25) is 5.02 Å². The third-order valence-electron chi connectivity index (χ3n) is 5.69. The van der Waals surface area contributed by atoms with Gasteiger partial charge in [0, 0.05) is 29.0 Å². The first-order valence-corrected chi connectivity index (χ1v) is 10.3. The Morgan fingerprint density at radius 3 is 3.00 bits per heavy atom. The molecule has 0 unspecified atom stereocenters. The van der Waals surface area contributed by atoms with Gasteiger partial charge in [0.25, 0.3) is 5.91 Å². The molecular formula is C23H22ClN3O2. The molecule has 0 aliphatic carbocycles. The Morgan fingerprint density at radius 1 is 1.28 bits per heavy atom. The van der Waals surface area contributed by atoms with E-state index in [-0.39, 0.29) is 12.0 Å². The second kappa shape index (κ2) is 7.16. The summed E-state index contributed by atoms with van der Waals surface area (Å²) in [5.74, 6) is 0.708. The van der Waals surface area contributed by atoms with Gasteiger partial charge in [0.05, 0.1) is 17.1 Å². The number of ether oxygens (including phenoxy) is 1. The molecule has 1 aliphatic rings. The van der Waals surface area contributed by atoms with E-state index in [0.29, 0.717) is 23.8 Å². The molecular weight excluding hydrogens is 386 g/mol. The normalized spacial score (nSPS) is 15.6. The van der Waals surface area contributed by atoms with Gasteiger partial charge in [0.2, 0.25) is 0 Å². The first-order chi connectivity index (χ1) is 14.2. The Labute approximate surface area is 173 Å². The summed E-state index contributed by atoms with van der Waals surface area (Å²) in [7, 11) is 0. The zero-order valence-corrected chi connectivity index (χ0v) is 16.9. The number of nitrogens with one attached hydrogen (secondary N) is 2. The van der Waals surface area contributed by atoms with Crippen LogP contribution >= 0.6 is 11.6 Å². The first kappa shape index (κ1) is 18.1. The highest BCUT2D eigenvalue weighted by Gasteiger charge is 2.26. The van der Waals surface area contributed by atoms with Crippen LogP contribution in [0.3, 0.4) is 0 Å². The van der Waals surface area contributed by atoms with Crippen LogP contribution in [0, 0.1) is 0 Å². The number of halogens is 1. The number of nitrogens with zero attached hydrogens (tertiary/aromatic N) is 1. The maximum atomic E-state index is 13.0. The maximum Gasteiger partial charge on any atom is 0.267 e. The van der Waals surface area contributed by atoms with Crippen molar-refractivity contribution in [3.63, 3.8) is 0 Å². The lowest BCUT2D eigenvalue weighted by Gasteiger charge is -2.26. The van der Waals surface area contributed by atoms with Crippen molar-refractivity contribution in [1.82, 2.24) is 14.9 Å². The smallest absolute Gasteiger partial charge is 0.267 e. The standard InChI is InChI=1S/C23H22ClN3O2/c1-2-15-13-27-20(11-17-18(24)7-8-21(29-15)22(17)27)23(28)25-10-9-14-12-26-19-6-4-3-5-16(14)19/h3-8,11-12,15,26H,2,9-10,13H2,1H3,(H,25,28)/t15-/m0/s1. The molecule has 0 saturated heterocycles. The Kier molecular flexibility index (Phi) is 4.47. The SMILES string of the molecule is CC[C@H]1Cn2c(C(=O)NCCc3c[nH]c4ccccc34)cc3c(Cl)ccc(c32)O1. The summed E-state index contributed by atoms with van der Waals surface area (Å²) in [5.41, 5.74) is 3.86. The Morgan fingerprint density at radius 2 is 2.14 bits per heavy atom. The number of carbonyl (C=O) groups is 1. The molecule has 2 N–H and O–H groups in total. The molecule has 1 aliphatic heterocycles. The van der Waals surface area contributed by atoms with Crippen molar-refractivity contribution in [1.29, 1.82) is 0 Å². The lowest BCUT2D eigenvalue weighted by molar-refractivity contribution is 0.0938. The van der Waals surface area contributed by atoms with Crippen molar-refractivity contribution in [3.8, 4) is 5.75 Å². The molecule has 0 fully saturated rings. The molecule has 0 radical (unpaired) electrons. The van der Waals surface area contributed by atoms with Crippen LogP contribution in [0.5, 0.6) is 5.75 Å². The third kappa shape index (κ3) is 3.06.